The van der Waals surface area contributed by atoms with Gasteiger partial charge in [0.05, 0.1) is 6.10 Å². The van der Waals surface area contributed by atoms with Crippen LogP contribution in [-0.4, -0.2) is 93.3 Å². The van der Waals surface area contributed by atoms with Gasteiger partial charge in [-0.15, -0.1) is 0 Å². The van der Waals surface area contributed by atoms with Gasteiger partial charge in [0.25, 0.3) is 5.92 Å². The predicted octanol–water partition coefficient (Wildman–Crippen LogP) is 3.96. The van der Waals surface area contributed by atoms with Crippen molar-refractivity contribution in [1.29, 1.82) is 0 Å². The minimum atomic E-state index is -2.61. The summed E-state index contributed by atoms with van der Waals surface area (Å²) in [6, 6.07) is 1.01. The number of carbonyl (C=O) groups excluding carboxylic acids is 2. The molecule has 0 bridgehead atoms. The summed E-state index contributed by atoms with van der Waals surface area (Å²) in [5, 5.41) is 11.0. The summed E-state index contributed by atoms with van der Waals surface area (Å²) in [6.45, 7) is 7.27. The fraction of sp³-hybridized carbons (Fsp3) is 0.786. The van der Waals surface area contributed by atoms with Crippen LogP contribution in [0.1, 0.15) is 83.9 Å². The lowest BCUT2D eigenvalue weighted by Crippen LogP contribution is -2.64. The number of carbonyl (C=O) groups is 2. The van der Waals surface area contributed by atoms with Crippen molar-refractivity contribution in [3.63, 3.8) is 0 Å². The van der Waals surface area contributed by atoms with E-state index in [0.717, 1.165) is 19.3 Å². The van der Waals surface area contributed by atoms with Gasteiger partial charge in [0.15, 0.2) is 0 Å². The SMILES string of the molecule is CC(C)(C)OC(=O)N1CC2(CCC2)[C@H](O)C[C@H]1C(=O)N1CCC(c2nccc(N3CCC(F)(F)CC3)n2)CC1. The first kappa shape index (κ1) is 28.0. The van der Waals surface area contributed by atoms with E-state index in [4.69, 9.17) is 9.72 Å². The normalized spacial score (nSPS) is 27.3. The Morgan fingerprint density at radius 1 is 1.08 bits per heavy atom. The molecule has 3 aliphatic heterocycles. The molecule has 216 valence electrons. The third kappa shape index (κ3) is 5.98. The molecule has 39 heavy (non-hydrogen) atoms. The quantitative estimate of drug-likeness (QED) is 0.609. The number of ether oxygens (including phenoxy) is 1. The first-order valence-electron chi connectivity index (χ1n) is 14.3. The number of piperidine rings is 3. The van der Waals surface area contributed by atoms with E-state index in [1.54, 1.807) is 22.1 Å². The molecule has 0 radical (unpaired) electrons. The summed E-state index contributed by atoms with van der Waals surface area (Å²) in [6.07, 6.45) is 4.46. The molecule has 1 spiro atoms. The van der Waals surface area contributed by atoms with Gasteiger partial charge in [-0.2, -0.15) is 0 Å². The third-order valence-corrected chi connectivity index (χ3v) is 8.93. The maximum absolute atomic E-state index is 13.7. The number of amides is 2. The van der Waals surface area contributed by atoms with E-state index in [9.17, 15) is 23.5 Å². The van der Waals surface area contributed by atoms with Crippen molar-refractivity contribution < 1.29 is 28.2 Å². The lowest BCUT2D eigenvalue weighted by molar-refractivity contribution is -0.152. The number of hydrogen-bond donors (Lipinski definition) is 1. The molecule has 5 rings (SSSR count). The predicted molar refractivity (Wildman–Crippen MR) is 141 cm³/mol. The van der Waals surface area contributed by atoms with Gasteiger partial charge in [0.2, 0.25) is 5.91 Å². The van der Waals surface area contributed by atoms with Crippen molar-refractivity contribution in [2.75, 3.05) is 37.6 Å². The van der Waals surface area contributed by atoms with Crippen molar-refractivity contribution in [3.05, 3.63) is 18.1 Å². The second kappa shape index (κ2) is 10.4. The zero-order valence-electron chi connectivity index (χ0n) is 23.2. The Kier molecular flexibility index (Phi) is 7.50. The summed E-state index contributed by atoms with van der Waals surface area (Å²) >= 11 is 0. The average molecular weight is 550 g/mol. The fourth-order valence-electron chi connectivity index (χ4n) is 6.38. The van der Waals surface area contributed by atoms with Gasteiger partial charge in [-0.3, -0.25) is 9.69 Å². The Hall–Kier alpha value is -2.56. The van der Waals surface area contributed by atoms with Crippen molar-refractivity contribution in [2.24, 2.45) is 5.41 Å². The molecule has 0 aromatic carbocycles. The van der Waals surface area contributed by atoms with E-state index < -0.39 is 29.8 Å². The highest BCUT2D eigenvalue weighted by Gasteiger charge is 2.54. The standard InChI is InChI=1S/C28H41F2N5O4/c1-26(2,3)39-25(38)35-18-27(8-4-9-27)21(36)17-20(35)24(37)34-13-6-19(7-14-34)23-31-12-5-22(32-23)33-15-10-28(29,30)11-16-33/h5,12,19-21,36H,4,6-11,13-18H2,1-3H3/t20-,21+/m0/s1. The zero-order chi connectivity index (χ0) is 28.0. The van der Waals surface area contributed by atoms with Crippen LogP contribution in [0.25, 0.3) is 0 Å². The smallest absolute Gasteiger partial charge is 0.410 e. The van der Waals surface area contributed by atoms with Gasteiger partial charge in [-0.1, -0.05) is 6.42 Å². The van der Waals surface area contributed by atoms with E-state index in [2.05, 4.69) is 4.98 Å². The van der Waals surface area contributed by atoms with E-state index >= 15 is 0 Å². The Morgan fingerprint density at radius 2 is 1.74 bits per heavy atom. The molecule has 1 aromatic heterocycles. The van der Waals surface area contributed by atoms with Gasteiger partial charge < -0.3 is 19.6 Å². The Labute approximate surface area is 228 Å². The number of aliphatic hydroxyl groups excluding tert-OH is 1. The molecular weight excluding hydrogens is 508 g/mol. The van der Waals surface area contributed by atoms with E-state index in [0.29, 0.717) is 44.1 Å². The number of aromatic nitrogens is 2. The highest BCUT2D eigenvalue weighted by molar-refractivity contribution is 5.86. The van der Waals surface area contributed by atoms with Crippen LogP contribution in [0, 0.1) is 5.41 Å². The first-order chi connectivity index (χ1) is 18.4. The summed E-state index contributed by atoms with van der Waals surface area (Å²) in [4.78, 5) is 41.3. The van der Waals surface area contributed by atoms with E-state index in [1.165, 1.54) is 0 Å². The molecule has 1 saturated carbocycles. The summed E-state index contributed by atoms with van der Waals surface area (Å²) in [5.74, 6) is -1.37. The van der Waals surface area contributed by atoms with Crippen LogP contribution in [0.2, 0.25) is 0 Å². The van der Waals surface area contributed by atoms with Crippen molar-refractivity contribution in [1.82, 2.24) is 19.8 Å². The lowest BCUT2D eigenvalue weighted by atomic mass is 9.61. The van der Waals surface area contributed by atoms with Crippen LogP contribution in [0.4, 0.5) is 19.4 Å². The topological polar surface area (TPSA) is 99.1 Å². The molecular formula is C28H41F2N5O4. The number of likely N-dealkylation sites (tertiary alicyclic amines) is 2. The molecule has 1 aromatic rings. The second-order valence-corrected chi connectivity index (χ2v) is 12.8. The molecule has 1 N–H and O–H groups in total. The van der Waals surface area contributed by atoms with E-state index in [-0.39, 0.29) is 49.6 Å². The molecule has 4 heterocycles. The molecule has 3 saturated heterocycles. The molecule has 1 aliphatic carbocycles. The second-order valence-electron chi connectivity index (χ2n) is 12.8. The van der Waals surface area contributed by atoms with Crippen molar-refractivity contribution in [2.45, 2.75) is 102 Å². The molecule has 4 fully saturated rings. The van der Waals surface area contributed by atoms with Crippen LogP contribution in [0.5, 0.6) is 0 Å². The number of alkyl halides is 2. The van der Waals surface area contributed by atoms with Crippen LogP contribution >= 0.6 is 0 Å². The fourth-order valence-corrected chi connectivity index (χ4v) is 6.38. The number of hydrogen-bond acceptors (Lipinski definition) is 7. The molecule has 0 unspecified atom stereocenters. The van der Waals surface area contributed by atoms with Gasteiger partial charge in [0, 0.05) is 69.5 Å². The molecule has 11 heteroatoms. The molecule has 9 nitrogen and oxygen atoms in total. The molecule has 2 atom stereocenters. The minimum absolute atomic E-state index is 0.0531. The highest BCUT2D eigenvalue weighted by atomic mass is 19.3. The highest BCUT2D eigenvalue weighted by Crippen LogP contribution is 2.49. The van der Waals surface area contributed by atoms with Gasteiger partial charge >= 0.3 is 6.09 Å². The molecule has 2 amide bonds. The Morgan fingerprint density at radius 3 is 2.33 bits per heavy atom. The minimum Gasteiger partial charge on any atom is -0.444 e. The van der Waals surface area contributed by atoms with Crippen molar-refractivity contribution in [3.8, 4) is 0 Å². The van der Waals surface area contributed by atoms with Gasteiger partial charge in [0.1, 0.15) is 23.3 Å². The zero-order valence-corrected chi connectivity index (χ0v) is 23.2. The van der Waals surface area contributed by atoms with Crippen LogP contribution in [0.3, 0.4) is 0 Å². The maximum atomic E-state index is 13.7. The largest absolute Gasteiger partial charge is 0.444 e. The number of anilines is 1. The van der Waals surface area contributed by atoms with Gasteiger partial charge in [-0.05, 0) is 52.5 Å². The van der Waals surface area contributed by atoms with E-state index in [1.807, 2.05) is 25.7 Å². The number of nitrogens with zero attached hydrogens (tertiary/aromatic N) is 5. The summed E-state index contributed by atoms with van der Waals surface area (Å²) < 4.78 is 32.8. The number of rotatable bonds is 3. The molecule has 4 aliphatic rings. The summed E-state index contributed by atoms with van der Waals surface area (Å²) in [5.41, 5.74) is -1.03. The van der Waals surface area contributed by atoms with Crippen LogP contribution in [0.15, 0.2) is 12.3 Å². The summed E-state index contributed by atoms with van der Waals surface area (Å²) in [7, 11) is 0. The first-order valence-corrected chi connectivity index (χ1v) is 14.3. The Balaban J connectivity index is 1.23. The van der Waals surface area contributed by atoms with Crippen LogP contribution in [-0.2, 0) is 9.53 Å². The maximum Gasteiger partial charge on any atom is 0.410 e. The average Bonchev–Trinajstić information content (AvgIpc) is 2.86. The van der Waals surface area contributed by atoms with Crippen LogP contribution < -0.4 is 4.90 Å². The lowest BCUT2D eigenvalue weighted by Gasteiger charge is -2.54. The van der Waals surface area contributed by atoms with Crippen molar-refractivity contribution >= 4 is 17.8 Å². The third-order valence-electron chi connectivity index (χ3n) is 8.93. The Bertz CT molecular complexity index is 1060. The van der Waals surface area contributed by atoms with Gasteiger partial charge in [-0.25, -0.2) is 23.5 Å². The number of aliphatic hydroxyl groups is 1. The monoisotopic (exact) mass is 549 g/mol. The number of halogens is 2.